The molecule has 59 heavy (non-hydrogen) atoms. The molecule has 0 bridgehead atoms. The maximum absolute atomic E-state index is 6.11. The van der Waals surface area contributed by atoms with Gasteiger partial charge in [-0.25, -0.2) is 0 Å². The molecule has 0 aliphatic rings. The van der Waals surface area contributed by atoms with Gasteiger partial charge in [-0.3, -0.25) is 0 Å². The van der Waals surface area contributed by atoms with E-state index in [9.17, 15) is 0 Å². The van der Waals surface area contributed by atoms with Crippen molar-refractivity contribution in [1.29, 1.82) is 0 Å². The molecule has 0 aliphatic heterocycles. The van der Waals surface area contributed by atoms with Crippen LogP contribution in [-0.2, 0) is 0 Å². The molecule has 11 aromatic rings. The van der Waals surface area contributed by atoms with Crippen LogP contribution in [0.4, 0.5) is 17.1 Å². The van der Waals surface area contributed by atoms with Crippen LogP contribution in [0.2, 0.25) is 0 Å². The third-order valence-corrected chi connectivity index (χ3v) is 11.5. The summed E-state index contributed by atoms with van der Waals surface area (Å²) in [7, 11) is 1.70. The first kappa shape index (κ1) is 34.4. The van der Waals surface area contributed by atoms with Gasteiger partial charge in [0.25, 0.3) is 0 Å². The summed E-state index contributed by atoms with van der Waals surface area (Å²) in [5.74, 6) is 0.845. The van der Waals surface area contributed by atoms with Crippen molar-refractivity contribution in [2.24, 2.45) is 0 Å². The smallest absolute Gasteiger partial charge is 0.135 e. The highest BCUT2D eigenvalue weighted by Gasteiger charge is 2.17. The average molecular weight is 759 g/mol. The van der Waals surface area contributed by atoms with Crippen molar-refractivity contribution in [3.8, 4) is 44.8 Å². The highest BCUT2D eigenvalue weighted by atomic mass is 16.5. The van der Waals surface area contributed by atoms with E-state index in [1.165, 1.54) is 38.5 Å². The van der Waals surface area contributed by atoms with Crippen LogP contribution >= 0.6 is 0 Å². The van der Waals surface area contributed by atoms with Crippen LogP contribution in [0.1, 0.15) is 0 Å². The number of fused-ring (bicyclic) bond motifs is 6. The van der Waals surface area contributed by atoms with Crippen LogP contribution < -0.4 is 9.64 Å². The minimum Gasteiger partial charge on any atom is -0.497 e. The summed E-state index contributed by atoms with van der Waals surface area (Å²) in [5, 5.41) is 4.71. The van der Waals surface area contributed by atoms with Crippen LogP contribution in [0.5, 0.6) is 5.75 Å². The molecule has 0 radical (unpaired) electrons. The molecule has 0 spiro atoms. The standard InChI is InChI=1S/C55H38N2O2/c1-58-47-31-29-46(30-32-47)57-52-13-7-5-11-48(52)50-35-41(21-33-53(50)57)39-17-25-44(26-18-39)56(43-23-15-38(16-24-43)37-9-3-2-4-10-37)45-27-19-40(20-28-45)42-22-34-55-51(36-42)49-12-6-8-14-54(49)59-55/h2-36H,1H3. The van der Waals surface area contributed by atoms with E-state index in [0.717, 1.165) is 67.1 Å². The monoisotopic (exact) mass is 758 g/mol. The zero-order valence-electron chi connectivity index (χ0n) is 32.4. The van der Waals surface area contributed by atoms with Gasteiger partial charge in [0.05, 0.1) is 18.1 Å². The number of furan rings is 1. The van der Waals surface area contributed by atoms with E-state index in [0.29, 0.717) is 0 Å². The molecule has 9 aromatic carbocycles. The third-order valence-electron chi connectivity index (χ3n) is 11.5. The lowest BCUT2D eigenvalue weighted by Crippen LogP contribution is -2.09. The molecule has 2 heterocycles. The zero-order chi connectivity index (χ0) is 39.3. The number of hydrogen-bond acceptors (Lipinski definition) is 3. The van der Waals surface area contributed by atoms with Crippen molar-refractivity contribution in [2.75, 3.05) is 12.0 Å². The molecule has 0 fully saturated rings. The second-order valence-corrected chi connectivity index (χ2v) is 14.9. The average Bonchev–Trinajstić information content (AvgIpc) is 3.85. The SMILES string of the molecule is COc1ccc(-n2c3ccccc3c3cc(-c4ccc(N(c5ccc(-c6ccccc6)cc5)c5ccc(-c6ccc7oc8ccccc8c7c6)cc5)cc4)ccc32)cc1. The molecule has 280 valence electrons. The van der Waals surface area contributed by atoms with Gasteiger partial charge in [0, 0.05) is 44.3 Å². The van der Waals surface area contributed by atoms with E-state index in [2.05, 4.69) is 198 Å². The topological polar surface area (TPSA) is 30.5 Å². The first-order chi connectivity index (χ1) is 29.2. The molecule has 0 atom stereocenters. The Hall–Kier alpha value is -7.82. The van der Waals surface area contributed by atoms with Crippen LogP contribution in [0, 0.1) is 0 Å². The van der Waals surface area contributed by atoms with Gasteiger partial charge < -0.3 is 18.6 Å². The number of para-hydroxylation sites is 2. The molecule has 11 rings (SSSR count). The molecule has 0 unspecified atom stereocenters. The summed E-state index contributed by atoms with van der Waals surface area (Å²) >= 11 is 0. The highest BCUT2D eigenvalue weighted by Crippen LogP contribution is 2.40. The first-order valence-corrected chi connectivity index (χ1v) is 19.9. The fraction of sp³-hybridized carbons (Fsp3) is 0.0182. The van der Waals surface area contributed by atoms with Crippen molar-refractivity contribution < 1.29 is 9.15 Å². The quantitative estimate of drug-likeness (QED) is 0.155. The number of rotatable bonds is 8. The van der Waals surface area contributed by atoms with Gasteiger partial charge in [0.15, 0.2) is 0 Å². The van der Waals surface area contributed by atoms with Gasteiger partial charge in [-0.1, -0.05) is 115 Å². The van der Waals surface area contributed by atoms with E-state index in [-0.39, 0.29) is 0 Å². The minimum absolute atomic E-state index is 0.845. The van der Waals surface area contributed by atoms with E-state index < -0.39 is 0 Å². The molecule has 2 aromatic heterocycles. The number of benzene rings is 9. The van der Waals surface area contributed by atoms with Crippen molar-refractivity contribution in [2.45, 2.75) is 0 Å². The van der Waals surface area contributed by atoms with E-state index in [4.69, 9.17) is 9.15 Å². The number of ether oxygens (including phenoxy) is 1. The maximum atomic E-state index is 6.11. The summed E-state index contributed by atoms with van der Waals surface area (Å²) in [6.45, 7) is 0. The second-order valence-electron chi connectivity index (χ2n) is 14.9. The molecule has 0 saturated heterocycles. The lowest BCUT2D eigenvalue weighted by atomic mass is 10.0. The normalized spacial score (nSPS) is 11.5. The Morgan fingerprint density at radius 2 is 0.847 bits per heavy atom. The summed E-state index contributed by atoms with van der Waals surface area (Å²) in [5.41, 5.74) is 15.5. The number of methoxy groups -OCH3 is 1. The van der Waals surface area contributed by atoms with Crippen molar-refractivity contribution in [3.63, 3.8) is 0 Å². The number of hydrogen-bond donors (Lipinski definition) is 0. The summed E-state index contributed by atoms with van der Waals surface area (Å²) in [6, 6.07) is 75.6. The van der Waals surface area contributed by atoms with Gasteiger partial charge in [0.2, 0.25) is 0 Å². The maximum Gasteiger partial charge on any atom is 0.135 e. The second kappa shape index (κ2) is 14.3. The molecule has 4 heteroatoms. The fourth-order valence-corrected chi connectivity index (χ4v) is 8.55. The van der Waals surface area contributed by atoms with Crippen LogP contribution in [-0.4, -0.2) is 11.7 Å². The fourth-order valence-electron chi connectivity index (χ4n) is 8.55. The van der Waals surface area contributed by atoms with Gasteiger partial charge in [-0.2, -0.15) is 0 Å². The Balaban J connectivity index is 0.963. The van der Waals surface area contributed by atoms with Gasteiger partial charge >= 0.3 is 0 Å². The molecular weight excluding hydrogens is 721 g/mol. The number of nitrogens with zero attached hydrogens (tertiary/aromatic N) is 2. The largest absolute Gasteiger partial charge is 0.497 e. The Kier molecular flexibility index (Phi) is 8.34. The van der Waals surface area contributed by atoms with Crippen LogP contribution in [0.3, 0.4) is 0 Å². The zero-order valence-corrected chi connectivity index (χ0v) is 32.4. The summed E-state index contributed by atoms with van der Waals surface area (Å²) in [6.07, 6.45) is 0. The van der Waals surface area contributed by atoms with Crippen molar-refractivity contribution in [1.82, 2.24) is 4.57 Å². The van der Waals surface area contributed by atoms with Crippen molar-refractivity contribution in [3.05, 3.63) is 212 Å². The van der Waals surface area contributed by atoms with Gasteiger partial charge in [0.1, 0.15) is 16.9 Å². The Bertz CT molecular complexity index is 3270. The Labute approximate surface area is 342 Å². The first-order valence-electron chi connectivity index (χ1n) is 19.9. The summed E-state index contributed by atoms with van der Waals surface area (Å²) < 4.78 is 13.9. The predicted octanol–water partition coefficient (Wildman–Crippen LogP) is 15.2. The molecule has 4 nitrogen and oxygen atoms in total. The Morgan fingerprint density at radius 1 is 0.373 bits per heavy atom. The predicted molar refractivity (Wildman–Crippen MR) is 246 cm³/mol. The molecule has 0 saturated carbocycles. The van der Waals surface area contributed by atoms with Gasteiger partial charge in [-0.05, 0) is 130 Å². The van der Waals surface area contributed by atoms with Crippen LogP contribution in [0.15, 0.2) is 217 Å². The molecule has 0 amide bonds. The minimum atomic E-state index is 0.845. The molecule has 0 N–H and O–H groups in total. The van der Waals surface area contributed by atoms with E-state index >= 15 is 0 Å². The van der Waals surface area contributed by atoms with Gasteiger partial charge in [-0.15, -0.1) is 0 Å². The van der Waals surface area contributed by atoms with E-state index in [1.54, 1.807) is 7.11 Å². The lowest BCUT2D eigenvalue weighted by Gasteiger charge is -2.26. The number of aromatic nitrogens is 1. The van der Waals surface area contributed by atoms with E-state index in [1.807, 2.05) is 24.3 Å². The summed E-state index contributed by atoms with van der Waals surface area (Å²) in [4.78, 5) is 2.33. The Morgan fingerprint density at radius 3 is 1.49 bits per heavy atom. The highest BCUT2D eigenvalue weighted by molar-refractivity contribution is 6.10. The molecule has 0 aliphatic carbocycles. The third kappa shape index (κ3) is 6.10. The molecular formula is C55H38N2O2. The van der Waals surface area contributed by atoms with Crippen molar-refractivity contribution >= 4 is 60.8 Å². The number of anilines is 3. The lowest BCUT2D eigenvalue weighted by molar-refractivity contribution is 0.415. The van der Waals surface area contributed by atoms with Crippen LogP contribution in [0.25, 0.3) is 82.8 Å².